The molecule has 2 aromatic heterocycles. The van der Waals surface area contributed by atoms with E-state index in [9.17, 15) is 4.79 Å². The monoisotopic (exact) mass is 336 g/mol. The number of benzene rings is 1. The summed E-state index contributed by atoms with van der Waals surface area (Å²) in [5, 5.41) is 7.11. The van der Waals surface area contributed by atoms with Gasteiger partial charge in [0, 0.05) is 42.0 Å². The molecule has 3 aromatic rings. The van der Waals surface area contributed by atoms with Crippen molar-refractivity contribution in [3.63, 3.8) is 0 Å². The minimum atomic E-state index is -0.133. The first-order chi connectivity index (χ1) is 12.2. The van der Waals surface area contributed by atoms with E-state index in [4.69, 9.17) is 4.74 Å². The Bertz CT molecular complexity index is 803. The van der Waals surface area contributed by atoms with Crippen LogP contribution in [0.2, 0.25) is 0 Å². The van der Waals surface area contributed by atoms with Crippen molar-refractivity contribution in [2.45, 2.75) is 26.1 Å². The lowest BCUT2D eigenvalue weighted by molar-refractivity contribution is 0.0935. The van der Waals surface area contributed by atoms with Crippen molar-refractivity contribution in [2.75, 3.05) is 0 Å². The summed E-state index contributed by atoms with van der Waals surface area (Å²) in [5.41, 5.74) is 1.54. The SMILES string of the molecule is CC(Cn1cccn1)NC(=O)c1cccc(OCc2cccnc2)c1. The van der Waals surface area contributed by atoms with Gasteiger partial charge in [-0.1, -0.05) is 12.1 Å². The third kappa shape index (κ3) is 4.91. The van der Waals surface area contributed by atoms with Gasteiger partial charge in [-0.3, -0.25) is 14.5 Å². The number of carbonyl (C=O) groups is 1. The second-order valence-corrected chi connectivity index (χ2v) is 5.78. The topological polar surface area (TPSA) is 69.0 Å². The summed E-state index contributed by atoms with van der Waals surface area (Å²) >= 11 is 0. The lowest BCUT2D eigenvalue weighted by Gasteiger charge is -2.14. The molecule has 0 saturated heterocycles. The van der Waals surface area contributed by atoms with Crippen molar-refractivity contribution >= 4 is 5.91 Å². The van der Waals surface area contributed by atoms with Crippen LogP contribution >= 0.6 is 0 Å². The highest BCUT2D eigenvalue weighted by atomic mass is 16.5. The maximum Gasteiger partial charge on any atom is 0.251 e. The number of pyridine rings is 1. The van der Waals surface area contributed by atoms with Crippen LogP contribution in [0.1, 0.15) is 22.8 Å². The Balaban J connectivity index is 1.57. The van der Waals surface area contributed by atoms with Crippen molar-refractivity contribution in [1.29, 1.82) is 0 Å². The summed E-state index contributed by atoms with van der Waals surface area (Å²) in [6.07, 6.45) is 7.07. The van der Waals surface area contributed by atoms with Gasteiger partial charge < -0.3 is 10.1 Å². The number of amides is 1. The van der Waals surface area contributed by atoms with Crippen LogP contribution in [-0.2, 0) is 13.2 Å². The number of nitrogens with one attached hydrogen (secondary N) is 1. The van der Waals surface area contributed by atoms with E-state index in [1.807, 2.05) is 43.5 Å². The molecule has 1 atom stereocenters. The van der Waals surface area contributed by atoms with E-state index in [1.165, 1.54) is 0 Å². The average Bonchev–Trinajstić information content (AvgIpc) is 3.14. The Morgan fingerprint density at radius 2 is 2.16 bits per heavy atom. The Labute approximate surface area is 146 Å². The first-order valence-electron chi connectivity index (χ1n) is 8.11. The molecule has 2 heterocycles. The van der Waals surface area contributed by atoms with Crippen LogP contribution in [0.5, 0.6) is 5.75 Å². The average molecular weight is 336 g/mol. The van der Waals surface area contributed by atoms with Crippen LogP contribution in [0.15, 0.2) is 67.3 Å². The fraction of sp³-hybridized carbons (Fsp3) is 0.211. The van der Waals surface area contributed by atoms with E-state index < -0.39 is 0 Å². The summed E-state index contributed by atoms with van der Waals surface area (Å²) in [7, 11) is 0. The van der Waals surface area contributed by atoms with Gasteiger partial charge in [0.1, 0.15) is 12.4 Å². The molecule has 0 aliphatic heterocycles. The van der Waals surface area contributed by atoms with Gasteiger partial charge in [-0.2, -0.15) is 5.10 Å². The van der Waals surface area contributed by atoms with Crippen molar-refractivity contribution < 1.29 is 9.53 Å². The summed E-state index contributed by atoms with van der Waals surface area (Å²) < 4.78 is 7.53. The molecule has 0 radical (unpaired) electrons. The normalized spacial score (nSPS) is 11.7. The molecular weight excluding hydrogens is 316 g/mol. The Kier molecular flexibility index (Phi) is 5.41. The molecular formula is C19H20N4O2. The van der Waals surface area contributed by atoms with Crippen LogP contribution in [0, 0.1) is 0 Å². The predicted molar refractivity (Wildman–Crippen MR) is 94.2 cm³/mol. The van der Waals surface area contributed by atoms with Crippen LogP contribution in [0.4, 0.5) is 0 Å². The van der Waals surface area contributed by atoms with Crippen LogP contribution in [-0.4, -0.2) is 26.7 Å². The van der Waals surface area contributed by atoms with E-state index in [2.05, 4.69) is 15.4 Å². The Hall–Kier alpha value is -3.15. The molecule has 0 aliphatic rings. The van der Waals surface area contributed by atoms with E-state index in [0.717, 1.165) is 5.56 Å². The zero-order valence-corrected chi connectivity index (χ0v) is 14.0. The first kappa shape index (κ1) is 16.7. The van der Waals surface area contributed by atoms with Crippen molar-refractivity contribution in [1.82, 2.24) is 20.1 Å². The molecule has 0 aliphatic carbocycles. The molecule has 128 valence electrons. The lowest BCUT2D eigenvalue weighted by Crippen LogP contribution is -2.35. The Morgan fingerprint density at radius 3 is 2.92 bits per heavy atom. The number of carbonyl (C=O) groups excluding carboxylic acids is 1. The number of nitrogens with zero attached hydrogens (tertiary/aromatic N) is 3. The number of ether oxygens (including phenoxy) is 1. The molecule has 0 spiro atoms. The molecule has 0 fully saturated rings. The highest BCUT2D eigenvalue weighted by Gasteiger charge is 2.11. The fourth-order valence-electron chi connectivity index (χ4n) is 2.42. The smallest absolute Gasteiger partial charge is 0.251 e. The molecule has 25 heavy (non-hydrogen) atoms. The summed E-state index contributed by atoms with van der Waals surface area (Å²) in [6.45, 7) is 2.98. The van der Waals surface area contributed by atoms with Gasteiger partial charge in [0.15, 0.2) is 0 Å². The fourth-order valence-corrected chi connectivity index (χ4v) is 2.42. The van der Waals surface area contributed by atoms with Gasteiger partial charge in [0.2, 0.25) is 0 Å². The van der Waals surface area contributed by atoms with Crippen molar-refractivity contribution in [3.8, 4) is 5.75 Å². The number of rotatable bonds is 7. The van der Waals surface area contributed by atoms with Gasteiger partial charge in [0.05, 0.1) is 6.54 Å². The third-order valence-corrected chi connectivity index (χ3v) is 3.62. The second-order valence-electron chi connectivity index (χ2n) is 5.78. The van der Waals surface area contributed by atoms with Crippen LogP contribution in [0.3, 0.4) is 0 Å². The third-order valence-electron chi connectivity index (χ3n) is 3.62. The second kappa shape index (κ2) is 8.10. The molecule has 1 aromatic carbocycles. The summed E-state index contributed by atoms with van der Waals surface area (Å²) in [6, 6.07) is 12.8. The van der Waals surface area contributed by atoms with Gasteiger partial charge in [-0.25, -0.2) is 0 Å². The first-order valence-corrected chi connectivity index (χ1v) is 8.11. The van der Waals surface area contributed by atoms with E-state index in [1.54, 1.807) is 35.4 Å². The van der Waals surface area contributed by atoms with Crippen molar-refractivity contribution in [2.24, 2.45) is 0 Å². The number of hydrogen-bond donors (Lipinski definition) is 1. The molecule has 3 rings (SSSR count). The molecule has 0 saturated carbocycles. The zero-order chi connectivity index (χ0) is 17.5. The van der Waals surface area contributed by atoms with Crippen LogP contribution in [0.25, 0.3) is 0 Å². The van der Waals surface area contributed by atoms with Gasteiger partial charge in [-0.05, 0) is 37.3 Å². The summed E-state index contributed by atoms with van der Waals surface area (Å²) in [4.78, 5) is 16.5. The molecule has 1 amide bonds. The van der Waals surface area contributed by atoms with E-state index in [-0.39, 0.29) is 11.9 Å². The number of hydrogen-bond acceptors (Lipinski definition) is 4. The van der Waals surface area contributed by atoms with Crippen LogP contribution < -0.4 is 10.1 Å². The van der Waals surface area contributed by atoms with Crippen molar-refractivity contribution in [3.05, 3.63) is 78.4 Å². The molecule has 1 unspecified atom stereocenters. The molecule has 0 bridgehead atoms. The molecule has 1 N–H and O–H groups in total. The molecule has 6 heteroatoms. The van der Waals surface area contributed by atoms with E-state index in [0.29, 0.717) is 24.5 Å². The zero-order valence-electron chi connectivity index (χ0n) is 14.0. The van der Waals surface area contributed by atoms with Gasteiger partial charge in [0.25, 0.3) is 5.91 Å². The quantitative estimate of drug-likeness (QED) is 0.720. The minimum absolute atomic E-state index is 0.0348. The van der Waals surface area contributed by atoms with Gasteiger partial charge >= 0.3 is 0 Å². The minimum Gasteiger partial charge on any atom is -0.489 e. The largest absolute Gasteiger partial charge is 0.489 e. The highest BCUT2D eigenvalue weighted by molar-refractivity contribution is 5.94. The Morgan fingerprint density at radius 1 is 1.24 bits per heavy atom. The number of aromatic nitrogens is 3. The maximum atomic E-state index is 12.4. The van der Waals surface area contributed by atoms with Gasteiger partial charge in [-0.15, -0.1) is 0 Å². The molecule has 6 nitrogen and oxygen atoms in total. The summed E-state index contributed by atoms with van der Waals surface area (Å²) in [5.74, 6) is 0.516. The lowest BCUT2D eigenvalue weighted by atomic mass is 10.2. The predicted octanol–water partition coefficient (Wildman–Crippen LogP) is 2.68. The maximum absolute atomic E-state index is 12.4. The highest BCUT2D eigenvalue weighted by Crippen LogP contribution is 2.15. The standard InChI is InChI=1S/C19H20N4O2/c1-15(13-23-10-4-9-21-23)22-19(24)17-6-2-7-18(11-17)25-14-16-5-3-8-20-12-16/h2-12,15H,13-14H2,1H3,(H,22,24). The van der Waals surface area contributed by atoms with E-state index >= 15 is 0 Å².